The quantitative estimate of drug-likeness (QED) is 0.920. The van der Waals surface area contributed by atoms with Crippen molar-refractivity contribution in [3.63, 3.8) is 0 Å². The summed E-state index contributed by atoms with van der Waals surface area (Å²) in [6.07, 6.45) is 1.79. The molecule has 0 saturated heterocycles. The first kappa shape index (κ1) is 15.0. The van der Waals surface area contributed by atoms with E-state index in [-0.39, 0.29) is 0 Å². The summed E-state index contributed by atoms with van der Waals surface area (Å²) < 4.78 is 0. The van der Waals surface area contributed by atoms with E-state index in [9.17, 15) is 4.79 Å². The van der Waals surface area contributed by atoms with Crippen LogP contribution in [-0.4, -0.2) is 34.0 Å². The lowest BCUT2D eigenvalue weighted by atomic mass is 10.2. The molecule has 0 amide bonds. The number of hydrogen-bond acceptors (Lipinski definition) is 4. The molecule has 1 unspecified atom stereocenters. The number of halogens is 1. The van der Waals surface area contributed by atoms with E-state index in [2.05, 4.69) is 4.98 Å². The Balaban J connectivity index is 2.09. The lowest BCUT2D eigenvalue weighted by Crippen LogP contribution is -2.35. The molecule has 2 aromatic rings. The van der Waals surface area contributed by atoms with Crippen LogP contribution < -0.4 is 0 Å². The molecule has 106 valence electrons. The average molecular weight is 311 g/mol. The molecule has 6 heteroatoms. The maximum Gasteiger partial charge on any atom is 0.320 e. The SMILES string of the molecule is CC(C(=O)O)N(C)Cc1cnc(-c2ccc(Cl)cc2)s1. The molecular formula is C14H15ClN2O2S. The molecule has 0 spiro atoms. The smallest absolute Gasteiger partial charge is 0.320 e. The highest BCUT2D eigenvalue weighted by molar-refractivity contribution is 7.15. The average Bonchev–Trinajstić information content (AvgIpc) is 2.87. The molecule has 1 heterocycles. The normalized spacial score (nSPS) is 12.6. The van der Waals surface area contributed by atoms with Crippen LogP contribution in [0.15, 0.2) is 30.5 Å². The monoisotopic (exact) mass is 310 g/mol. The third-order valence-electron chi connectivity index (χ3n) is 3.07. The summed E-state index contributed by atoms with van der Waals surface area (Å²) in [6, 6.07) is 6.99. The molecule has 0 fully saturated rings. The fourth-order valence-electron chi connectivity index (χ4n) is 1.68. The number of benzene rings is 1. The first-order valence-electron chi connectivity index (χ1n) is 6.11. The molecule has 1 atom stereocenters. The zero-order valence-electron chi connectivity index (χ0n) is 11.2. The number of rotatable bonds is 5. The minimum atomic E-state index is -0.824. The van der Waals surface area contributed by atoms with E-state index >= 15 is 0 Å². The predicted molar refractivity (Wildman–Crippen MR) is 81.1 cm³/mol. The molecule has 0 bridgehead atoms. The molecule has 4 nitrogen and oxygen atoms in total. The molecule has 20 heavy (non-hydrogen) atoms. The lowest BCUT2D eigenvalue weighted by molar-refractivity contribution is -0.142. The second-order valence-electron chi connectivity index (χ2n) is 4.57. The molecule has 1 N–H and O–H groups in total. The molecule has 0 aliphatic heterocycles. The zero-order valence-corrected chi connectivity index (χ0v) is 12.8. The van der Waals surface area contributed by atoms with Gasteiger partial charge in [0.25, 0.3) is 0 Å². The van der Waals surface area contributed by atoms with Crippen LogP contribution in [0.5, 0.6) is 0 Å². The van der Waals surface area contributed by atoms with Crippen molar-refractivity contribution in [3.05, 3.63) is 40.4 Å². The second kappa shape index (κ2) is 6.35. The van der Waals surface area contributed by atoms with Gasteiger partial charge in [-0.1, -0.05) is 23.7 Å². The highest BCUT2D eigenvalue weighted by Gasteiger charge is 2.17. The van der Waals surface area contributed by atoms with E-state index in [1.165, 1.54) is 0 Å². The van der Waals surface area contributed by atoms with Crippen molar-refractivity contribution in [1.82, 2.24) is 9.88 Å². The van der Waals surface area contributed by atoms with Gasteiger partial charge in [-0.3, -0.25) is 9.69 Å². The van der Waals surface area contributed by atoms with Gasteiger partial charge in [-0.25, -0.2) is 4.98 Å². The first-order valence-corrected chi connectivity index (χ1v) is 7.30. The number of hydrogen-bond donors (Lipinski definition) is 1. The van der Waals surface area contributed by atoms with Gasteiger partial charge in [0, 0.05) is 28.2 Å². The number of carboxylic acids is 1. The van der Waals surface area contributed by atoms with E-state index in [1.54, 1.807) is 36.4 Å². The molecule has 0 aliphatic rings. The number of aliphatic carboxylic acids is 1. The lowest BCUT2D eigenvalue weighted by Gasteiger charge is -2.19. The zero-order chi connectivity index (χ0) is 14.7. The molecule has 2 rings (SSSR count). The summed E-state index contributed by atoms with van der Waals surface area (Å²) in [5.74, 6) is -0.824. The van der Waals surface area contributed by atoms with Gasteiger partial charge in [-0.05, 0) is 26.1 Å². The van der Waals surface area contributed by atoms with Crippen molar-refractivity contribution in [2.24, 2.45) is 0 Å². The molecule has 0 saturated carbocycles. The minimum absolute atomic E-state index is 0.518. The van der Waals surface area contributed by atoms with Gasteiger partial charge in [0.1, 0.15) is 11.0 Å². The number of thiazole rings is 1. The fourth-order valence-corrected chi connectivity index (χ4v) is 2.79. The highest BCUT2D eigenvalue weighted by Crippen LogP contribution is 2.27. The number of nitrogens with zero attached hydrogens (tertiary/aromatic N) is 2. The summed E-state index contributed by atoms with van der Waals surface area (Å²) in [5, 5.41) is 10.6. The van der Waals surface area contributed by atoms with Crippen LogP contribution in [0.25, 0.3) is 10.6 Å². The number of carboxylic acid groups (broad SMARTS) is 1. The summed E-state index contributed by atoms with van der Waals surface area (Å²) in [4.78, 5) is 18.1. The van der Waals surface area contributed by atoms with Crippen molar-refractivity contribution in [2.45, 2.75) is 19.5 Å². The van der Waals surface area contributed by atoms with Crippen molar-refractivity contribution in [1.29, 1.82) is 0 Å². The standard InChI is InChI=1S/C14H15ClN2O2S/c1-9(14(18)19)17(2)8-12-7-16-13(20-12)10-3-5-11(15)6-4-10/h3-7,9H,8H2,1-2H3,(H,18,19). The Bertz CT molecular complexity index is 597. The van der Waals surface area contributed by atoms with Crippen LogP contribution in [0.1, 0.15) is 11.8 Å². The number of likely N-dealkylation sites (N-methyl/N-ethyl adjacent to an activating group) is 1. The third-order valence-corrected chi connectivity index (χ3v) is 4.35. The van der Waals surface area contributed by atoms with E-state index in [0.29, 0.717) is 11.6 Å². The summed E-state index contributed by atoms with van der Waals surface area (Å²) in [6.45, 7) is 2.24. The largest absolute Gasteiger partial charge is 0.480 e. The van der Waals surface area contributed by atoms with Crippen molar-refractivity contribution in [3.8, 4) is 10.6 Å². The van der Waals surface area contributed by atoms with Crippen LogP contribution in [0.3, 0.4) is 0 Å². The van der Waals surface area contributed by atoms with Gasteiger partial charge < -0.3 is 5.11 Å². The Morgan fingerprint density at radius 1 is 1.45 bits per heavy atom. The molecule has 1 aromatic heterocycles. The van der Waals surface area contributed by atoms with Crippen molar-refractivity contribution >= 4 is 28.9 Å². The van der Waals surface area contributed by atoms with Gasteiger partial charge >= 0.3 is 5.97 Å². The summed E-state index contributed by atoms with van der Waals surface area (Å²) in [7, 11) is 1.79. The van der Waals surface area contributed by atoms with E-state index in [4.69, 9.17) is 16.7 Å². The van der Waals surface area contributed by atoms with Crippen LogP contribution >= 0.6 is 22.9 Å². The Morgan fingerprint density at radius 3 is 2.70 bits per heavy atom. The first-order chi connectivity index (χ1) is 9.47. The summed E-state index contributed by atoms with van der Waals surface area (Å²) in [5.41, 5.74) is 1.01. The maximum atomic E-state index is 10.9. The minimum Gasteiger partial charge on any atom is -0.480 e. The third kappa shape index (κ3) is 3.56. The molecule has 0 aliphatic carbocycles. The van der Waals surface area contributed by atoms with Gasteiger partial charge in [-0.15, -0.1) is 11.3 Å². The van der Waals surface area contributed by atoms with Crippen LogP contribution in [-0.2, 0) is 11.3 Å². The Morgan fingerprint density at radius 2 is 2.10 bits per heavy atom. The van der Waals surface area contributed by atoms with E-state index in [0.717, 1.165) is 15.4 Å². The van der Waals surface area contributed by atoms with Gasteiger partial charge in [0.15, 0.2) is 0 Å². The van der Waals surface area contributed by atoms with Gasteiger partial charge in [0.2, 0.25) is 0 Å². The predicted octanol–water partition coefficient (Wildman–Crippen LogP) is 3.37. The maximum absolute atomic E-state index is 10.9. The van der Waals surface area contributed by atoms with Crippen molar-refractivity contribution < 1.29 is 9.90 Å². The van der Waals surface area contributed by atoms with Crippen molar-refractivity contribution in [2.75, 3.05) is 7.05 Å². The number of aromatic nitrogens is 1. The van der Waals surface area contributed by atoms with Gasteiger partial charge in [0.05, 0.1) is 0 Å². The van der Waals surface area contributed by atoms with Crippen LogP contribution in [0, 0.1) is 0 Å². The Hall–Kier alpha value is -1.43. The molecular weight excluding hydrogens is 296 g/mol. The topological polar surface area (TPSA) is 53.4 Å². The number of carbonyl (C=O) groups is 1. The van der Waals surface area contributed by atoms with Crippen LogP contribution in [0.2, 0.25) is 5.02 Å². The Labute approximate surface area is 126 Å². The fraction of sp³-hybridized carbons (Fsp3) is 0.286. The molecule has 1 aromatic carbocycles. The van der Waals surface area contributed by atoms with Gasteiger partial charge in [-0.2, -0.15) is 0 Å². The van der Waals surface area contributed by atoms with E-state index < -0.39 is 12.0 Å². The van der Waals surface area contributed by atoms with Crippen LogP contribution in [0.4, 0.5) is 0 Å². The second-order valence-corrected chi connectivity index (χ2v) is 6.12. The summed E-state index contributed by atoms with van der Waals surface area (Å²) >= 11 is 7.42. The van der Waals surface area contributed by atoms with E-state index in [1.807, 2.05) is 24.3 Å². The Kier molecular flexibility index (Phi) is 4.75. The molecule has 0 radical (unpaired) electrons. The highest BCUT2D eigenvalue weighted by atomic mass is 35.5.